The Hall–Kier alpha value is -4.65. The molecule has 13 heteroatoms. The Morgan fingerprint density at radius 1 is 0.700 bits per heavy atom. The van der Waals surface area contributed by atoms with Crippen LogP contribution in [0.3, 0.4) is 0 Å². The Balaban J connectivity index is 2.21. The molecule has 2 aromatic carbocycles. The third-order valence-corrected chi connectivity index (χ3v) is 5.98. The van der Waals surface area contributed by atoms with E-state index in [0.29, 0.717) is 11.1 Å². The van der Waals surface area contributed by atoms with Crippen molar-refractivity contribution in [1.29, 1.82) is 0 Å². The predicted molar refractivity (Wildman–Crippen MR) is 142 cm³/mol. The third-order valence-electron chi connectivity index (χ3n) is 5.98. The lowest BCUT2D eigenvalue weighted by Gasteiger charge is -2.27. The maximum absolute atomic E-state index is 13.3. The summed E-state index contributed by atoms with van der Waals surface area (Å²) in [5.41, 5.74) is 6.72. The molecule has 0 bridgehead atoms. The summed E-state index contributed by atoms with van der Waals surface area (Å²) in [6, 6.07) is 6.37. The van der Waals surface area contributed by atoms with Crippen molar-refractivity contribution in [3.05, 3.63) is 59.7 Å². The standard InChI is InChI=1S/C27H34N4O9/c1-14(2)23(26(38)30-21(27(39)40)12-16-5-9-18(33)10-6-16)31-25(37)20(11-15-3-7-17(32)8-4-15)29-24(36)19(28)13-22(34)35/h3-10,14,19-21,23,32-33H,11-13,28H2,1-2H3,(H,29,36)(H,30,38)(H,31,37)(H,34,35)(H,39,40). The molecule has 0 fully saturated rings. The maximum Gasteiger partial charge on any atom is 0.326 e. The minimum Gasteiger partial charge on any atom is -0.508 e. The molecular formula is C27H34N4O9. The number of carbonyl (C=O) groups excluding carboxylic acids is 3. The summed E-state index contributed by atoms with van der Waals surface area (Å²) in [6.45, 7) is 3.27. The molecule has 4 unspecified atom stereocenters. The summed E-state index contributed by atoms with van der Waals surface area (Å²) in [5.74, 6) is -5.58. The largest absolute Gasteiger partial charge is 0.508 e. The van der Waals surface area contributed by atoms with Crippen LogP contribution in [0, 0.1) is 5.92 Å². The highest BCUT2D eigenvalue weighted by Crippen LogP contribution is 2.14. The van der Waals surface area contributed by atoms with Gasteiger partial charge < -0.3 is 42.1 Å². The van der Waals surface area contributed by atoms with Crippen molar-refractivity contribution in [2.75, 3.05) is 0 Å². The van der Waals surface area contributed by atoms with Crippen molar-refractivity contribution in [1.82, 2.24) is 16.0 Å². The van der Waals surface area contributed by atoms with Crippen LogP contribution in [0.5, 0.6) is 11.5 Å². The number of benzene rings is 2. The van der Waals surface area contributed by atoms with E-state index in [9.17, 15) is 39.3 Å². The summed E-state index contributed by atoms with van der Waals surface area (Å²) in [6.07, 6.45) is -0.836. The normalized spacial score (nSPS) is 13.9. The number of rotatable bonds is 14. The van der Waals surface area contributed by atoms with Gasteiger partial charge in [0, 0.05) is 12.8 Å². The number of amides is 3. The van der Waals surface area contributed by atoms with Crippen LogP contribution in [0.2, 0.25) is 0 Å². The number of carbonyl (C=O) groups is 5. The van der Waals surface area contributed by atoms with E-state index >= 15 is 0 Å². The number of hydrogen-bond donors (Lipinski definition) is 8. The molecule has 216 valence electrons. The maximum atomic E-state index is 13.3. The summed E-state index contributed by atoms with van der Waals surface area (Å²) < 4.78 is 0. The van der Waals surface area contributed by atoms with Crippen LogP contribution in [0.4, 0.5) is 0 Å². The molecule has 0 aliphatic carbocycles. The Morgan fingerprint density at radius 2 is 1.15 bits per heavy atom. The van der Waals surface area contributed by atoms with Gasteiger partial charge in [-0.3, -0.25) is 19.2 Å². The lowest BCUT2D eigenvalue weighted by molar-refractivity contribution is -0.142. The molecule has 13 nitrogen and oxygen atoms in total. The molecule has 0 spiro atoms. The van der Waals surface area contributed by atoms with Gasteiger partial charge in [0.1, 0.15) is 29.6 Å². The average Bonchev–Trinajstić information content (AvgIpc) is 2.87. The number of hydrogen-bond acceptors (Lipinski definition) is 8. The van der Waals surface area contributed by atoms with Crippen molar-refractivity contribution >= 4 is 29.7 Å². The second-order valence-electron chi connectivity index (χ2n) is 9.64. The highest BCUT2D eigenvalue weighted by Gasteiger charge is 2.32. The first kappa shape index (κ1) is 31.6. The highest BCUT2D eigenvalue weighted by atomic mass is 16.4. The van der Waals surface area contributed by atoms with Gasteiger partial charge in [0.25, 0.3) is 0 Å². The lowest BCUT2D eigenvalue weighted by Crippen LogP contribution is -2.59. The van der Waals surface area contributed by atoms with Crippen LogP contribution in [-0.4, -0.2) is 74.3 Å². The lowest BCUT2D eigenvalue weighted by atomic mass is 9.99. The van der Waals surface area contributed by atoms with Gasteiger partial charge in [-0.25, -0.2) is 4.79 Å². The zero-order valence-corrected chi connectivity index (χ0v) is 22.0. The summed E-state index contributed by atoms with van der Waals surface area (Å²) in [5, 5.41) is 45.0. The first-order valence-electron chi connectivity index (χ1n) is 12.4. The molecule has 0 saturated carbocycles. The van der Waals surface area contributed by atoms with Crippen molar-refractivity contribution in [2.45, 2.75) is 57.3 Å². The van der Waals surface area contributed by atoms with E-state index in [1.807, 2.05) is 0 Å². The quantitative estimate of drug-likeness (QED) is 0.153. The van der Waals surface area contributed by atoms with E-state index < -0.39 is 66.2 Å². The van der Waals surface area contributed by atoms with Crippen LogP contribution in [0.1, 0.15) is 31.4 Å². The fraction of sp³-hybridized carbons (Fsp3) is 0.370. The van der Waals surface area contributed by atoms with Crippen LogP contribution in [0.25, 0.3) is 0 Å². The summed E-state index contributed by atoms with van der Waals surface area (Å²) >= 11 is 0. The van der Waals surface area contributed by atoms with E-state index in [1.165, 1.54) is 48.5 Å². The number of aromatic hydroxyl groups is 2. The van der Waals surface area contributed by atoms with Crippen molar-refractivity contribution in [2.24, 2.45) is 11.7 Å². The highest BCUT2D eigenvalue weighted by molar-refractivity contribution is 5.95. The van der Waals surface area contributed by atoms with E-state index in [1.54, 1.807) is 13.8 Å². The second-order valence-corrected chi connectivity index (χ2v) is 9.64. The summed E-state index contributed by atoms with van der Waals surface area (Å²) in [7, 11) is 0. The first-order chi connectivity index (χ1) is 18.8. The Kier molecular flexibility index (Phi) is 11.4. The van der Waals surface area contributed by atoms with Crippen molar-refractivity contribution in [3.63, 3.8) is 0 Å². The van der Waals surface area contributed by atoms with E-state index in [4.69, 9.17) is 10.8 Å². The molecule has 0 heterocycles. The number of aliphatic carboxylic acids is 2. The van der Waals surface area contributed by atoms with E-state index in [2.05, 4.69) is 16.0 Å². The number of phenolic OH excluding ortho intramolecular Hbond substituents is 2. The first-order valence-corrected chi connectivity index (χ1v) is 12.4. The van der Waals surface area contributed by atoms with Crippen molar-refractivity contribution < 1.29 is 44.4 Å². The molecule has 0 aliphatic heterocycles. The molecule has 4 atom stereocenters. The number of carboxylic acids is 2. The minimum absolute atomic E-state index is 0.000102. The van der Waals surface area contributed by atoms with Gasteiger partial charge in [0.2, 0.25) is 17.7 Å². The number of nitrogens with one attached hydrogen (secondary N) is 3. The fourth-order valence-electron chi connectivity index (χ4n) is 3.75. The molecule has 9 N–H and O–H groups in total. The van der Waals surface area contributed by atoms with Gasteiger partial charge in [0.15, 0.2) is 0 Å². The van der Waals surface area contributed by atoms with E-state index in [0.717, 1.165) is 0 Å². The molecule has 2 aromatic rings. The topological polar surface area (TPSA) is 228 Å². The molecule has 0 aliphatic rings. The van der Waals surface area contributed by atoms with Crippen LogP contribution < -0.4 is 21.7 Å². The zero-order valence-electron chi connectivity index (χ0n) is 22.0. The Labute approximate surface area is 230 Å². The molecule has 0 aromatic heterocycles. The van der Waals surface area contributed by atoms with Gasteiger partial charge in [-0.2, -0.15) is 0 Å². The van der Waals surface area contributed by atoms with Crippen molar-refractivity contribution in [3.8, 4) is 11.5 Å². The smallest absolute Gasteiger partial charge is 0.326 e. The third kappa shape index (κ3) is 9.91. The molecule has 0 radical (unpaired) electrons. The van der Waals surface area contributed by atoms with Gasteiger partial charge in [0.05, 0.1) is 12.5 Å². The SMILES string of the molecule is CC(C)C(NC(=O)C(Cc1ccc(O)cc1)NC(=O)C(N)CC(=O)O)C(=O)NC(Cc1ccc(O)cc1)C(=O)O. The van der Waals surface area contributed by atoms with Crippen LogP contribution >= 0.6 is 0 Å². The van der Waals surface area contributed by atoms with Gasteiger partial charge >= 0.3 is 11.9 Å². The van der Waals surface area contributed by atoms with Crippen LogP contribution in [-0.2, 0) is 36.8 Å². The Morgan fingerprint density at radius 3 is 1.57 bits per heavy atom. The number of carboxylic acid groups (broad SMARTS) is 2. The minimum atomic E-state index is -1.44. The summed E-state index contributed by atoms with van der Waals surface area (Å²) in [4.78, 5) is 61.8. The van der Waals surface area contributed by atoms with Gasteiger partial charge in [-0.15, -0.1) is 0 Å². The average molecular weight is 559 g/mol. The number of nitrogens with two attached hydrogens (primary N) is 1. The number of phenols is 2. The van der Waals surface area contributed by atoms with Gasteiger partial charge in [-0.05, 0) is 41.3 Å². The van der Waals surface area contributed by atoms with Crippen LogP contribution in [0.15, 0.2) is 48.5 Å². The molecule has 40 heavy (non-hydrogen) atoms. The fourth-order valence-corrected chi connectivity index (χ4v) is 3.75. The Bertz CT molecular complexity index is 1200. The zero-order chi connectivity index (χ0) is 30.0. The molecular weight excluding hydrogens is 524 g/mol. The predicted octanol–water partition coefficient (Wildman–Crippen LogP) is -0.120. The molecule has 0 saturated heterocycles. The molecule has 2 rings (SSSR count). The second kappa shape index (κ2) is 14.5. The molecule has 3 amide bonds. The monoisotopic (exact) mass is 558 g/mol. The van der Waals surface area contributed by atoms with E-state index in [-0.39, 0.29) is 24.3 Å². The van der Waals surface area contributed by atoms with Gasteiger partial charge in [-0.1, -0.05) is 38.1 Å².